The number of aromatic amines is 1. The fourth-order valence-corrected chi connectivity index (χ4v) is 3.36. The largest absolute Gasteiger partial charge is 0.343 e. The summed E-state index contributed by atoms with van der Waals surface area (Å²) in [5.41, 5.74) is 2.63. The molecule has 1 aromatic carbocycles. The van der Waals surface area contributed by atoms with Crippen LogP contribution in [0.25, 0.3) is 0 Å². The van der Waals surface area contributed by atoms with E-state index >= 15 is 0 Å². The van der Waals surface area contributed by atoms with E-state index in [4.69, 9.17) is 0 Å². The molecule has 7 nitrogen and oxygen atoms in total. The first-order valence-electron chi connectivity index (χ1n) is 8.56. The Morgan fingerprint density at radius 3 is 2.68 bits per heavy atom. The van der Waals surface area contributed by atoms with Gasteiger partial charge >= 0.3 is 0 Å². The summed E-state index contributed by atoms with van der Waals surface area (Å²) in [7, 11) is 0. The predicted molar refractivity (Wildman–Crippen MR) is 92.9 cm³/mol. The summed E-state index contributed by atoms with van der Waals surface area (Å²) >= 11 is 0. The molecule has 2 heterocycles. The Kier molecular flexibility index (Phi) is 5.11. The molecule has 0 spiro atoms. The minimum absolute atomic E-state index is 0.0174. The number of nitrogens with one attached hydrogen (secondary N) is 2. The maximum Gasteiger partial charge on any atom is 0.251 e. The second-order valence-corrected chi connectivity index (χ2v) is 6.53. The molecule has 1 fully saturated rings. The topological polar surface area (TPSA) is 91.0 Å². The van der Waals surface area contributed by atoms with Crippen LogP contribution in [0.2, 0.25) is 0 Å². The lowest BCUT2D eigenvalue weighted by Crippen LogP contribution is -2.44. The quantitative estimate of drug-likeness (QED) is 0.889. The minimum atomic E-state index is -0.228. The molecule has 0 radical (unpaired) electrons. The van der Waals surface area contributed by atoms with E-state index in [1.807, 2.05) is 32.0 Å². The number of rotatable bonds is 4. The fraction of sp³-hybridized carbons (Fsp3) is 0.444. The average molecular weight is 341 g/mol. The fourth-order valence-electron chi connectivity index (χ4n) is 3.36. The van der Waals surface area contributed by atoms with Crippen molar-refractivity contribution in [3.8, 4) is 0 Å². The Balaban J connectivity index is 1.63. The van der Waals surface area contributed by atoms with Gasteiger partial charge in [-0.15, -0.1) is 0 Å². The van der Waals surface area contributed by atoms with E-state index in [0.29, 0.717) is 17.9 Å². The van der Waals surface area contributed by atoms with E-state index in [2.05, 4.69) is 20.5 Å². The maximum absolute atomic E-state index is 12.6. The molecule has 3 rings (SSSR count). The van der Waals surface area contributed by atoms with Crippen molar-refractivity contribution in [2.75, 3.05) is 13.1 Å². The van der Waals surface area contributed by atoms with Gasteiger partial charge in [0.1, 0.15) is 12.2 Å². The van der Waals surface area contributed by atoms with Crippen molar-refractivity contribution >= 4 is 11.8 Å². The van der Waals surface area contributed by atoms with Crippen LogP contribution in [0.15, 0.2) is 24.5 Å². The SMILES string of the molecule is Cc1cc(C)cc(C(=O)NCC(=O)N2CCCCC2c2ncn[nH]2)c1. The number of hydrogen-bond donors (Lipinski definition) is 2. The van der Waals surface area contributed by atoms with E-state index < -0.39 is 0 Å². The summed E-state index contributed by atoms with van der Waals surface area (Å²) in [5, 5.41) is 9.47. The molecule has 7 heteroatoms. The Bertz CT molecular complexity index is 737. The molecular formula is C18H23N5O2. The van der Waals surface area contributed by atoms with E-state index in [-0.39, 0.29) is 24.4 Å². The zero-order valence-corrected chi connectivity index (χ0v) is 14.6. The molecule has 2 amide bonds. The number of carbonyl (C=O) groups excluding carboxylic acids is 2. The van der Waals surface area contributed by atoms with Gasteiger partial charge in [0, 0.05) is 12.1 Å². The monoisotopic (exact) mass is 341 g/mol. The molecule has 1 aliphatic heterocycles. The Morgan fingerprint density at radius 2 is 2.00 bits per heavy atom. The third-order valence-corrected chi connectivity index (χ3v) is 4.46. The van der Waals surface area contributed by atoms with Crippen molar-refractivity contribution in [2.45, 2.75) is 39.2 Å². The number of H-pyrrole nitrogens is 1. The molecule has 1 aliphatic rings. The molecular weight excluding hydrogens is 318 g/mol. The molecule has 1 atom stereocenters. The lowest BCUT2D eigenvalue weighted by Gasteiger charge is -2.34. The van der Waals surface area contributed by atoms with Crippen LogP contribution in [0, 0.1) is 13.8 Å². The first-order valence-corrected chi connectivity index (χ1v) is 8.56. The molecule has 0 aliphatic carbocycles. The number of hydrogen-bond acceptors (Lipinski definition) is 4. The Labute approximate surface area is 146 Å². The third-order valence-electron chi connectivity index (χ3n) is 4.46. The number of piperidine rings is 1. The van der Waals surface area contributed by atoms with E-state index in [1.54, 1.807) is 4.90 Å². The molecule has 0 saturated carbocycles. The molecule has 0 bridgehead atoms. The zero-order valence-electron chi connectivity index (χ0n) is 14.6. The first-order chi connectivity index (χ1) is 12.0. The Hall–Kier alpha value is -2.70. The van der Waals surface area contributed by atoms with E-state index in [0.717, 1.165) is 30.4 Å². The summed E-state index contributed by atoms with van der Waals surface area (Å²) in [5.74, 6) is 0.376. The second-order valence-electron chi connectivity index (χ2n) is 6.53. The van der Waals surface area contributed by atoms with Gasteiger partial charge in [-0.1, -0.05) is 17.2 Å². The summed E-state index contributed by atoms with van der Waals surface area (Å²) in [6, 6.07) is 5.56. The molecule has 2 aromatic rings. The highest BCUT2D eigenvalue weighted by molar-refractivity contribution is 5.96. The number of aromatic nitrogens is 3. The number of nitrogens with zero attached hydrogens (tertiary/aromatic N) is 3. The molecule has 2 N–H and O–H groups in total. The number of likely N-dealkylation sites (tertiary alicyclic amines) is 1. The van der Waals surface area contributed by atoms with Crippen molar-refractivity contribution in [2.24, 2.45) is 0 Å². The molecule has 132 valence electrons. The van der Waals surface area contributed by atoms with E-state index in [1.165, 1.54) is 6.33 Å². The van der Waals surface area contributed by atoms with Gasteiger partial charge in [0.2, 0.25) is 5.91 Å². The number of benzene rings is 1. The highest BCUT2D eigenvalue weighted by atomic mass is 16.2. The molecule has 1 saturated heterocycles. The van der Waals surface area contributed by atoms with Gasteiger partial charge < -0.3 is 10.2 Å². The van der Waals surface area contributed by atoms with Gasteiger partial charge in [-0.2, -0.15) is 5.10 Å². The number of aryl methyl sites for hydroxylation is 2. The Morgan fingerprint density at radius 1 is 1.24 bits per heavy atom. The predicted octanol–water partition coefficient (Wildman–Crippen LogP) is 1.91. The lowest BCUT2D eigenvalue weighted by atomic mass is 10.0. The highest BCUT2D eigenvalue weighted by Crippen LogP contribution is 2.28. The van der Waals surface area contributed by atoms with Crippen molar-refractivity contribution in [1.82, 2.24) is 25.4 Å². The van der Waals surface area contributed by atoms with Crippen LogP contribution in [-0.2, 0) is 4.79 Å². The van der Waals surface area contributed by atoms with Crippen LogP contribution in [0.3, 0.4) is 0 Å². The van der Waals surface area contributed by atoms with Crippen LogP contribution < -0.4 is 5.32 Å². The van der Waals surface area contributed by atoms with Gasteiger partial charge in [0.05, 0.1) is 12.6 Å². The van der Waals surface area contributed by atoms with Crippen molar-refractivity contribution < 1.29 is 9.59 Å². The van der Waals surface area contributed by atoms with Crippen LogP contribution in [0.5, 0.6) is 0 Å². The van der Waals surface area contributed by atoms with Crippen molar-refractivity contribution in [3.05, 3.63) is 47.0 Å². The summed E-state index contributed by atoms with van der Waals surface area (Å²) in [6.07, 6.45) is 4.31. The van der Waals surface area contributed by atoms with Crippen LogP contribution in [0.1, 0.15) is 52.6 Å². The summed E-state index contributed by atoms with van der Waals surface area (Å²) in [4.78, 5) is 30.9. The highest BCUT2D eigenvalue weighted by Gasteiger charge is 2.29. The first kappa shape index (κ1) is 17.1. The van der Waals surface area contributed by atoms with Crippen LogP contribution in [-0.4, -0.2) is 45.0 Å². The second kappa shape index (κ2) is 7.46. The average Bonchev–Trinajstić information content (AvgIpc) is 3.13. The lowest BCUT2D eigenvalue weighted by molar-refractivity contribution is -0.134. The normalized spacial score (nSPS) is 17.4. The van der Waals surface area contributed by atoms with Gasteiger partial charge in [0.25, 0.3) is 5.91 Å². The molecule has 1 aromatic heterocycles. The van der Waals surface area contributed by atoms with Crippen LogP contribution >= 0.6 is 0 Å². The smallest absolute Gasteiger partial charge is 0.251 e. The van der Waals surface area contributed by atoms with Crippen molar-refractivity contribution in [1.29, 1.82) is 0 Å². The van der Waals surface area contributed by atoms with Gasteiger partial charge in [-0.3, -0.25) is 14.7 Å². The van der Waals surface area contributed by atoms with Gasteiger partial charge in [0.15, 0.2) is 0 Å². The standard InChI is InChI=1S/C18H23N5O2/c1-12-7-13(2)9-14(8-12)18(25)19-10-16(24)23-6-4-3-5-15(23)17-20-11-21-22-17/h7-9,11,15H,3-6,10H2,1-2H3,(H,19,25)(H,20,21,22). The summed E-state index contributed by atoms with van der Waals surface area (Å²) in [6.45, 7) is 4.55. The van der Waals surface area contributed by atoms with Crippen LogP contribution in [0.4, 0.5) is 0 Å². The molecule has 25 heavy (non-hydrogen) atoms. The third kappa shape index (κ3) is 4.04. The zero-order chi connectivity index (χ0) is 17.8. The van der Waals surface area contributed by atoms with Crippen molar-refractivity contribution in [3.63, 3.8) is 0 Å². The number of amides is 2. The number of carbonyl (C=O) groups is 2. The van der Waals surface area contributed by atoms with E-state index in [9.17, 15) is 9.59 Å². The minimum Gasteiger partial charge on any atom is -0.343 e. The maximum atomic E-state index is 12.6. The van der Waals surface area contributed by atoms with Gasteiger partial charge in [-0.25, -0.2) is 4.98 Å². The molecule has 1 unspecified atom stereocenters. The van der Waals surface area contributed by atoms with Gasteiger partial charge in [-0.05, 0) is 45.2 Å². The summed E-state index contributed by atoms with van der Waals surface area (Å²) < 4.78 is 0.